The number of hydrogen-bond acceptors (Lipinski definition) is 2. The number of nitrogens with one attached hydrogen (secondary N) is 1. The first-order valence-corrected chi connectivity index (χ1v) is 3.92. The minimum Gasteiger partial charge on any atom is -0.383 e. The largest absolute Gasteiger partial charge is 0.383 e. The molecular weight excluding hydrogens is 162 g/mol. The summed E-state index contributed by atoms with van der Waals surface area (Å²) in [6.07, 6.45) is 2.63. The minimum absolute atomic E-state index is 0. The molecule has 2 saturated heterocycles. The monoisotopic (exact) mass is 177 g/mol. The summed E-state index contributed by atoms with van der Waals surface area (Å²) in [4.78, 5) is 0. The summed E-state index contributed by atoms with van der Waals surface area (Å²) in [7, 11) is 1.78. The molecule has 0 aromatic carbocycles. The van der Waals surface area contributed by atoms with Crippen LogP contribution in [0, 0.1) is 5.41 Å². The maximum Gasteiger partial charge on any atom is 0.0644 e. The van der Waals surface area contributed by atoms with E-state index in [1.807, 2.05) is 0 Å². The van der Waals surface area contributed by atoms with E-state index in [9.17, 15) is 0 Å². The molecule has 0 unspecified atom stereocenters. The van der Waals surface area contributed by atoms with Gasteiger partial charge in [-0.1, -0.05) is 6.92 Å². The van der Waals surface area contributed by atoms with Crippen LogP contribution in [0.4, 0.5) is 0 Å². The Bertz CT molecular complexity index is 150. The number of halogens is 1. The first kappa shape index (κ1) is 9.30. The van der Waals surface area contributed by atoms with Gasteiger partial charge in [0.25, 0.3) is 0 Å². The molecule has 1 saturated carbocycles. The first-order valence-electron chi connectivity index (χ1n) is 3.92. The first-order chi connectivity index (χ1) is 4.68. The summed E-state index contributed by atoms with van der Waals surface area (Å²) < 4.78 is 5.15. The second-order valence-corrected chi connectivity index (χ2v) is 4.23. The maximum atomic E-state index is 5.15. The molecule has 0 amide bonds. The molecule has 0 aromatic heterocycles. The molecule has 3 rings (SSSR count). The fraction of sp³-hybridized carbons (Fsp3) is 1.00. The van der Waals surface area contributed by atoms with E-state index >= 15 is 0 Å². The van der Waals surface area contributed by atoms with E-state index in [0.717, 1.165) is 6.61 Å². The highest BCUT2D eigenvalue weighted by Gasteiger charge is 2.57. The number of ether oxygens (including phenoxy) is 1. The number of fused-ring (bicyclic) bond motifs is 1. The molecule has 0 spiro atoms. The zero-order valence-corrected chi connectivity index (χ0v) is 7.96. The average Bonchev–Trinajstić information content (AvgIpc) is 2.21. The lowest BCUT2D eigenvalue weighted by Crippen LogP contribution is -2.50. The van der Waals surface area contributed by atoms with Gasteiger partial charge in [0.15, 0.2) is 0 Å². The van der Waals surface area contributed by atoms with Gasteiger partial charge in [-0.3, -0.25) is 0 Å². The van der Waals surface area contributed by atoms with Crippen LogP contribution in [-0.4, -0.2) is 25.8 Å². The van der Waals surface area contributed by atoms with Crippen molar-refractivity contribution in [2.24, 2.45) is 5.41 Å². The van der Waals surface area contributed by atoms with Crippen LogP contribution in [-0.2, 0) is 4.74 Å². The van der Waals surface area contributed by atoms with Gasteiger partial charge in [-0.25, -0.2) is 0 Å². The molecular formula is C8H16ClNO. The van der Waals surface area contributed by atoms with Crippen molar-refractivity contribution in [1.29, 1.82) is 0 Å². The van der Waals surface area contributed by atoms with Crippen molar-refractivity contribution in [3.8, 4) is 0 Å². The summed E-state index contributed by atoms with van der Waals surface area (Å²) in [5, 5.41) is 3.52. The van der Waals surface area contributed by atoms with Gasteiger partial charge in [0.05, 0.1) is 6.61 Å². The molecule has 0 radical (unpaired) electrons. The molecule has 3 fully saturated rings. The zero-order chi connectivity index (χ0) is 7.24. The molecule has 11 heavy (non-hydrogen) atoms. The fourth-order valence-corrected chi connectivity index (χ4v) is 2.66. The number of hydrogen-bond donors (Lipinski definition) is 1. The third-order valence-electron chi connectivity index (χ3n) is 2.84. The molecule has 66 valence electrons. The lowest BCUT2D eigenvalue weighted by molar-refractivity contribution is 0.0419. The van der Waals surface area contributed by atoms with E-state index in [-0.39, 0.29) is 12.4 Å². The summed E-state index contributed by atoms with van der Waals surface area (Å²) >= 11 is 0. The SMILES string of the molecule is COCC12CC(C)(CN1)C2.Cl. The highest BCUT2D eigenvalue weighted by Crippen LogP contribution is 2.53. The van der Waals surface area contributed by atoms with E-state index in [1.54, 1.807) is 7.11 Å². The van der Waals surface area contributed by atoms with Crippen LogP contribution >= 0.6 is 12.4 Å². The molecule has 2 heterocycles. The predicted molar refractivity (Wildman–Crippen MR) is 47.2 cm³/mol. The van der Waals surface area contributed by atoms with E-state index in [0.29, 0.717) is 11.0 Å². The summed E-state index contributed by atoms with van der Waals surface area (Å²) in [5.41, 5.74) is 0.988. The van der Waals surface area contributed by atoms with E-state index < -0.39 is 0 Å². The minimum atomic E-state index is 0. The van der Waals surface area contributed by atoms with Crippen LogP contribution in [0.1, 0.15) is 19.8 Å². The van der Waals surface area contributed by atoms with Crippen molar-refractivity contribution >= 4 is 12.4 Å². The Kier molecular flexibility index (Phi) is 2.21. The summed E-state index contributed by atoms with van der Waals surface area (Å²) in [6.45, 7) is 4.43. The van der Waals surface area contributed by atoms with Crippen molar-refractivity contribution < 1.29 is 4.74 Å². The standard InChI is InChI=1S/C8H15NO.ClH/c1-7-3-8(4-7,6-10-2)9-5-7;/h9H,3-6H2,1-2H3;1H. The Morgan fingerprint density at radius 1 is 1.45 bits per heavy atom. The Morgan fingerprint density at radius 3 is 2.45 bits per heavy atom. The topological polar surface area (TPSA) is 21.3 Å². The van der Waals surface area contributed by atoms with Gasteiger partial charge in [0.1, 0.15) is 0 Å². The van der Waals surface area contributed by atoms with Crippen molar-refractivity contribution in [3.05, 3.63) is 0 Å². The molecule has 0 aromatic rings. The van der Waals surface area contributed by atoms with E-state index in [2.05, 4.69) is 12.2 Å². The Hall–Kier alpha value is 0.210. The Labute approximate surface area is 74.1 Å². The predicted octanol–water partition coefficient (Wildman–Crippen LogP) is 1.20. The van der Waals surface area contributed by atoms with E-state index in [1.165, 1.54) is 19.4 Å². The number of rotatable bonds is 2. The second-order valence-electron chi connectivity index (χ2n) is 4.23. The van der Waals surface area contributed by atoms with Gasteiger partial charge < -0.3 is 10.1 Å². The van der Waals surface area contributed by atoms with Gasteiger partial charge in [-0.2, -0.15) is 0 Å². The highest BCUT2D eigenvalue weighted by molar-refractivity contribution is 5.85. The van der Waals surface area contributed by atoms with Crippen LogP contribution in [0.5, 0.6) is 0 Å². The maximum absolute atomic E-state index is 5.15. The molecule has 3 aliphatic rings. The molecule has 2 bridgehead atoms. The average molecular weight is 178 g/mol. The van der Waals surface area contributed by atoms with Crippen LogP contribution < -0.4 is 5.32 Å². The summed E-state index contributed by atoms with van der Waals surface area (Å²) in [5.74, 6) is 0. The Balaban J connectivity index is 0.000000605. The number of methoxy groups -OCH3 is 1. The molecule has 0 atom stereocenters. The van der Waals surface area contributed by atoms with Crippen molar-refractivity contribution in [2.45, 2.75) is 25.3 Å². The van der Waals surface area contributed by atoms with Crippen molar-refractivity contribution in [1.82, 2.24) is 5.32 Å². The van der Waals surface area contributed by atoms with Crippen molar-refractivity contribution in [2.75, 3.05) is 20.3 Å². The fourth-order valence-electron chi connectivity index (χ4n) is 2.66. The zero-order valence-electron chi connectivity index (χ0n) is 7.14. The normalized spacial score (nSPS) is 46.4. The molecule has 2 aliphatic heterocycles. The molecule has 1 N–H and O–H groups in total. The van der Waals surface area contributed by atoms with Crippen LogP contribution in [0.15, 0.2) is 0 Å². The quantitative estimate of drug-likeness (QED) is 0.685. The molecule has 3 heteroatoms. The van der Waals surface area contributed by atoms with E-state index in [4.69, 9.17) is 4.74 Å². The van der Waals surface area contributed by atoms with Gasteiger partial charge >= 0.3 is 0 Å². The van der Waals surface area contributed by atoms with Crippen LogP contribution in [0.3, 0.4) is 0 Å². The van der Waals surface area contributed by atoms with Gasteiger partial charge in [-0.15, -0.1) is 12.4 Å². The van der Waals surface area contributed by atoms with Gasteiger partial charge in [-0.05, 0) is 18.3 Å². The molecule has 1 aliphatic carbocycles. The molecule has 2 nitrogen and oxygen atoms in total. The summed E-state index contributed by atoms with van der Waals surface area (Å²) in [6, 6.07) is 0. The van der Waals surface area contributed by atoms with Gasteiger partial charge in [0.2, 0.25) is 0 Å². The third kappa shape index (κ3) is 1.28. The van der Waals surface area contributed by atoms with Crippen LogP contribution in [0.25, 0.3) is 0 Å². The lowest BCUT2D eigenvalue weighted by Gasteiger charge is -2.43. The Morgan fingerprint density at radius 2 is 2.09 bits per heavy atom. The smallest absolute Gasteiger partial charge is 0.0644 e. The highest BCUT2D eigenvalue weighted by atomic mass is 35.5. The lowest BCUT2D eigenvalue weighted by atomic mass is 9.64. The third-order valence-corrected chi connectivity index (χ3v) is 2.84. The van der Waals surface area contributed by atoms with Crippen molar-refractivity contribution in [3.63, 3.8) is 0 Å². The van der Waals surface area contributed by atoms with Crippen LogP contribution in [0.2, 0.25) is 0 Å². The second kappa shape index (κ2) is 2.61. The van der Waals surface area contributed by atoms with Gasteiger partial charge in [0, 0.05) is 19.2 Å².